The Balaban J connectivity index is 0.00000163. The van der Waals surface area contributed by atoms with Crippen molar-refractivity contribution in [1.29, 1.82) is 0 Å². The standard InChI is InChI=1S/C17H20IN5O.C2H6/c1-6-23-15-8-16(21-12(3)24)20-9-13(15)7-14(17(23)19-4)11(2)10-22(5)18;1-2/h6-10H,1H2,2-5H3,(H,20,21,24);1-2H3/b11-10-,19-17?;. The molecule has 2 heterocycles. The molecular formula is C19H26IN5O. The molecule has 0 aromatic carbocycles. The van der Waals surface area contributed by atoms with Gasteiger partial charge in [-0.05, 0) is 18.6 Å². The number of allylic oxidation sites excluding steroid dienone is 1. The summed E-state index contributed by atoms with van der Waals surface area (Å²) in [6.45, 7) is 11.4. The summed E-state index contributed by atoms with van der Waals surface area (Å²) >= 11 is 2.21. The molecule has 0 aliphatic heterocycles. The number of anilines is 1. The molecule has 2 rings (SSSR count). The van der Waals surface area contributed by atoms with Gasteiger partial charge in [-0.2, -0.15) is 0 Å². The molecule has 0 aliphatic rings. The van der Waals surface area contributed by atoms with Crippen LogP contribution in [0.2, 0.25) is 0 Å². The number of hydrogen-bond acceptors (Lipinski definition) is 4. The van der Waals surface area contributed by atoms with E-state index in [4.69, 9.17) is 0 Å². The number of nitrogens with zero attached hydrogens (tertiary/aromatic N) is 4. The van der Waals surface area contributed by atoms with Gasteiger partial charge in [0.2, 0.25) is 5.91 Å². The first-order chi connectivity index (χ1) is 12.4. The van der Waals surface area contributed by atoms with Gasteiger partial charge in [-0.25, -0.2) is 4.98 Å². The molecule has 6 nitrogen and oxygen atoms in total. The average Bonchev–Trinajstić information content (AvgIpc) is 2.60. The average molecular weight is 467 g/mol. The van der Waals surface area contributed by atoms with Crippen LogP contribution in [0, 0.1) is 0 Å². The van der Waals surface area contributed by atoms with Gasteiger partial charge in [-0.15, -0.1) is 0 Å². The quantitative estimate of drug-likeness (QED) is 0.539. The molecule has 1 amide bonds. The molecule has 1 N–H and O–H groups in total. The van der Waals surface area contributed by atoms with Crippen LogP contribution >= 0.6 is 22.9 Å². The third kappa shape index (κ3) is 5.17. The van der Waals surface area contributed by atoms with Gasteiger partial charge in [0.15, 0.2) is 0 Å². The first-order valence-corrected chi connectivity index (χ1v) is 9.29. The Morgan fingerprint density at radius 2 is 2.04 bits per heavy atom. The number of rotatable bonds is 4. The molecule has 7 heteroatoms. The zero-order valence-corrected chi connectivity index (χ0v) is 18.3. The zero-order chi connectivity index (χ0) is 19.9. The van der Waals surface area contributed by atoms with Crippen LogP contribution in [0.4, 0.5) is 5.82 Å². The first kappa shape index (κ1) is 21.9. The number of amides is 1. The lowest BCUT2D eigenvalue weighted by Gasteiger charge is -2.14. The SMILES string of the molecule is C=Cn1c(=NC)c(/C(C)=C\N(C)I)cc2cnc(NC(C)=O)cc21.CC. The fourth-order valence-corrected chi connectivity index (χ4v) is 2.95. The van der Waals surface area contributed by atoms with Crippen molar-refractivity contribution in [1.82, 2.24) is 12.7 Å². The smallest absolute Gasteiger partial charge is 0.222 e. The summed E-state index contributed by atoms with van der Waals surface area (Å²) in [5.41, 5.74) is 3.76. The number of nitrogens with one attached hydrogen (secondary N) is 1. The van der Waals surface area contributed by atoms with Gasteiger partial charge in [0.25, 0.3) is 0 Å². The summed E-state index contributed by atoms with van der Waals surface area (Å²) in [5, 5.41) is 3.64. The number of aromatic nitrogens is 2. The van der Waals surface area contributed by atoms with Crippen molar-refractivity contribution in [2.45, 2.75) is 27.7 Å². The van der Waals surface area contributed by atoms with Crippen LogP contribution in [-0.2, 0) is 4.79 Å². The Morgan fingerprint density at radius 1 is 1.38 bits per heavy atom. The molecule has 0 bridgehead atoms. The molecule has 140 valence electrons. The number of carbonyl (C=O) groups is 1. The van der Waals surface area contributed by atoms with Crippen molar-refractivity contribution >= 4 is 57.3 Å². The Kier molecular flexibility index (Phi) is 8.50. The van der Waals surface area contributed by atoms with Gasteiger partial charge in [0.1, 0.15) is 11.3 Å². The molecule has 0 radical (unpaired) electrons. The lowest BCUT2D eigenvalue weighted by molar-refractivity contribution is -0.114. The van der Waals surface area contributed by atoms with E-state index in [9.17, 15) is 4.79 Å². The summed E-state index contributed by atoms with van der Waals surface area (Å²) in [6, 6.07) is 3.87. The Bertz CT molecular complexity index is 897. The molecule has 2 aromatic heterocycles. The summed E-state index contributed by atoms with van der Waals surface area (Å²) in [5.74, 6) is 0.340. The Hall–Kier alpha value is -2.16. The van der Waals surface area contributed by atoms with Crippen LogP contribution in [0.3, 0.4) is 0 Å². The highest BCUT2D eigenvalue weighted by Crippen LogP contribution is 2.21. The van der Waals surface area contributed by atoms with E-state index in [-0.39, 0.29) is 5.91 Å². The summed E-state index contributed by atoms with van der Waals surface area (Å²) < 4.78 is 3.87. The number of hydrogen-bond donors (Lipinski definition) is 1. The molecular weight excluding hydrogens is 441 g/mol. The van der Waals surface area contributed by atoms with E-state index in [2.05, 4.69) is 44.7 Å². The second-order valence-corrected chi connectivity index (χ2v) is 6.83. The van der Waals surface area contributed by atoms with E-state index >= 15 is 0 Å². The molecule has 0 unspecified atom stereocenters. The molecule has 0 spiro atoms. The molecule has 0 atom stereocenters. The molecule has 0 fully saturated rings. The molecule has 0 saturated heterocycles. The lowest BCUT2D eigenvalue weighted by atomic mass is 10.1. The number of pyridine rings is 2. The number of carbonyl (C=O) groups excluding carboxylic acids is 1. The van der Waals surface area contributed by atoms with Crippen molar-refractivity contribution in [2.75, 3.05) is 19.4 Å². The zero-order valence-electron chi connectivity index (χ0n) is 16.2. The van der Waals surface area contributed by atoms with Gasteiger partial charge in [-0.1, -0.05) is 20.4 Å². The monoisotopic (exact) mass is 467 g/mol. The van der Waals surface area contributed by atoms with Crippen molar-refractivity contribution in [2.24, 2.45) is 4.99 Å². The van der Waals surface area contributed by atoms with E-state index in [0.29, 0.717) is 5.82 Å². The van der Waals surface area contributed by atoms with Gasteiger partial charge in [-0.3, -0.25) is 9.79 Å². The van der Waals surface area contributed by atoms with Gasteiger partial charge in [0.05, 0.1) is 28.4 Å². The normalized spacial score (nSPS) is 11.7. The largest absolute Gasteiger partial charge is 0.324 e. The Labute approximate surface area is 168 Å². The second-order valence-electron chi connectivity index (χ2n) is 5.30. The predicted octanol–water partition coefficient (Wildman–Crippen LogP) is 4.29. The minimum atomic E-state index is -0.159. The van der Waals surface area contributed by atoms with Crippen molar-refractivity contribution in [3.8, 4) is 0 Å². The van der Waals surface area contributed by atoms with E-state index in [0.717, 1.165) is 27.5 Å². The van der Waals surface area contributed by atoms with Gasteiger partial charge < -0.3 is 13.0 Å². The maximum Gasteiger partial charge on any atom is 0.222 e. The first-order valence-electron chi connectivity index (χ1n) is 8.33. The van der Waals surface area contributed by atoms with Gasteiger partial charge >= 0.3 is 0 Å². The Morgan fingerprint density at radius 3 is 2.54 bits per heavy atom. The maximum absolute atomic E-state index is 11.3. The van der Waals surface area contributed by atoms with Crippen LogP contribution in [0.5, 0.6) is 0 Å². The highest BCUT2D eigenvalue weighted by atomic mass is 127. The fourth-order valence-electron chi connectivity index (χ4n) is 2.53. The van der Waals surface area contributed by atoms with Crippen molar-refractivity contribution in [3.63, 3.8) is 0 Å². The molecule has 2 aromatic rings. The molecule has 0 saturated carbocycles. The van der Waals surface area contributed by atoms with Crippen LogP contribution in [0.25, 0.3) is 22.7 Å². The van der Waals surface area contributed by atoms with E-state index in [1.807, 2.05) is 53.8 Å². The number of halogens is 1. The van der Waals surface area contributed by atoms with Crippen LogP contribution in [0.15, 0.2) is 36.1 Å². The third-order valence-corrected chi connectivity index (χ3v) is 3.71. The predicted molar refractivity (Wildman–Crippen MR) is 119 cm³/mol. The summed E-state index contributed by atoms with van der Waals surface area (Å²) in [6.07, 6.45) is 5.49. The summed E-state index contributed by atoms with van der Waals surface area (Å²) in [4.78, 5) is 20.0. The minimum Gasteiger partial charge on any atom is -0.324 e. The number of fused-ring (bicyclic) bond motifs is 1. The molecule has 0 aliphatic carbocycles. The van der Waals surface area contributed by atoms with E-state index < -0.39 is 0 Å². The topological polar surface area (TPSA) is 62.5 Å². The second kappa shape index (κ2) is 10.1. The van der Waals surface area contributed by atoms with E-state index in [1.165, 1.54) is 6.92 Å². The lowest BCUT2D eigenvalue weighted by Crippen LogP contribution is -2.22. The van der Waals surface area contributed by atoms with Crippen molar-refractivity contribution in [3.05, 3.63) is 42.2 Å². The maximum atomic E-state index is 11.3. The van der Waals surface area contributed by atoms with Gasteiger partial charge in [0, 0.05) is 56.6 Å². The van der Waals surface area contributed by atoms with Crippen LogP contribution in [-0.4, -0.2) is 32.7 Å². The fraction of sp³-hybridized carbons (Fsp3) is 0.316. The van der Waals surface area contributed by atoms with Crippen LogP contribution in [0.1, 0.15) is 33.3 Å². The summed E-state index contributed by atoms with van der Waals surface area (Å²) in [7, 11) is 3.72. The highest BCUT2D eigenvalue weighted by molar-refractivity contribution is 14.1. The van der Waals surface area contributed by atoms with E-state index in [1.54, 1.807) is 19.4 Å². The van der Waals surface area contributed by atoms with Crippen molar-refractivity contribution < 1.29 is 4.79 Å². The molecule has 26 heavy (non-hydrogen) atoms. The van der Waals surface area contributed by atoms with Crippen LogP contribution < -0.4 is 10.8 Å². The minimum absolute atomic E-state index is 0.159. The highest BCUT2D eigenvalue weighted by Gasteiger charge is 2.10. The third-order valence-electron chi connectivity index (χ3n) is 3.44.